The molecule has 3 aliphatic rings. The van der Waals surface area contributed by atoms with Crippen LogP contribution in [0, 0.1) is 11.3 Å². The first kappa shape index (κ1) is 17.7. The first-order valence-corrected chi connectivity index (χ1v) is 9.79. The Morgan fingerprint density at radius 1 is 1.27 bits per heavy atom. The number of carbonyl (C=O) groups excluding carboxylic acids is 1. The van der Waals surface area contributed by atoms with Crippen LogP contribution in [0.2, 0.25) is 0 Å². The van der Waals surface area contributed by atoms with Gasteiger partial charge < -0.3 is 19.1 Å². The lowest BCUT2D eigenvalue weighted by Gasteiger charge is -2.50. The van der Waals surface area contributed by atoms with Crippen LogP contribution < -0.4 is 4.74 Å². The fourth-order valence-electron chi connectivity index (χ4n) is 4.54. The highest BCUT2D eigenvalue weighted by molar-refractivity contribution is 5.79. The molecule has 0 bridgehead atoms. The molecule has 0 N–H and O–H groups in total. The zero-order valence-corrected chi connectivity index (χ0v) is 15.3. The summed E-state index contributed by atoms with van der Waals surface area (Å²) in [7, 11) is 0. The van der Waals surface area contributed by atoms with Crippen LogP contribution in [-0.4, -0.2) is 61.4 Å². The maximum atomic E-state index is 13.0. The van der Waals surface area contributed by atoms with Crippen LogP contribution in [0.5, 0.6) is 5.88 Å². The highest BCUT2D eigenvalue weighted by atomic mass is 16.5. The van der Waals surface area contributed by atoms with E-state index in [-0.39, 0.29) is 23.3 Å². The summed E-state index contributed by atoms with van der Waals surface area (Å²) >= 11 is 0. The minimum Gasteiger partial charge on any atom is -0.477 e. The lowest BCUT2D eigenvalue weighted by atomic mass is 9.72. The Balaban J connectivity index is 1.46. The van der Waals surface area contributed by atoms with Crippen molar-refractivity contribution in [3.05, 3.63) is 24.4 Å². The minimum atomic E-state index is -0.130. The van der Waals surface area contributed by atoms with Gasteiger partial charge in [-0.05, 0) is 38.2 Å². The number of pyridine rings is 1. The van der Waals surface area contributed by atoms with Crippen molar-refractivity contribution in [1.82, 2.24) is 9.88 Å². The molecule has 1 aromatic rings. The van der Waals surface area contributed by atoms with Crippen LogP contribution in [0.1, 0.15) is 32.1 Å². The Morgan fingerprint density at radius 2 is 2.15 bits per heavy atom. The Morgan fingerprint density at radius 3 is 2.96 bits per heavy atom. The van der Waals surface area contributed by atoms with Gasteiger partial charge in [0.15, 0.2) is 0 Å². The number of carbonyl (C=O) groups is 1. The predicted molar refractivity (Wildman–Crippen MR) is 95.9 cm³/mol. The van der Waals surface area contributed by atoms with Crippen molar-refractivity contribution in [2.24, 2.45) is 11.3 Å². The van der Waals surface area contributed by atoms with E-state index in [1.54, 1.807) is 6.20 Å². The average molecular weight is 360 g/mol. The molecule has 2 atom stereocenters. The molecule has 0 spiro atoms. The molecule has 4 rings (SSSR count). The number of likely N-dealkylation sites (tertiary alicyclic amines) is 1. The third kappa shape index (κ3) is 3.71. The highest BCUT2D eigenvalue weighted by Crippen LogP contribution is 2.41. The molecular weight excluding hydrogens is 332 g/mol. The van der Waals surface area contributed by atoms with E-state index >= 15 is 0 Å². The molecule has 6 heteroatoms. The van der Waals surface area contributed by atoms with Gasteiger partial charge in [-0.15, -0.1) is 0 Å². The summed E-state index contributed by atoms with van der Waals surface area (Å²) in [6.45, 7) is 4.26. The maximum Gasteiger partial charge on any atom is 0.225 e. The fraction of sp³-hybridized carbons (Fsp3) is 0.700. The first-order chi connectivity index (χ1) is 12.8. The zero-order valence-electron chi connectivity index (χ0n) is 15.3. The van der Waals surface area contributed by atoms with E-state index in [1.807, 2.05) is 18.2 Å². The van der Waals surface area contributed by atoms with Crippen LogP contribution in [0.3, 0.4) is 0 Å². The van der Waals surface area contributed by atoms with Crippen molar-refractivity contribution in [3.63, 3.8) is 0 Å². The van der Waals surface area contributed by atoms with E-state index in [0.717, 1.165) is 51.8 Å². The molecule has 1 amide bonds. The van der Waals surface area contributed by atoms with Gasteiger partial charge >= 0.3 is 0 Å². The lowest BCUT2D eigenvalue weighted by molar-refractivity contribution is -0.162. The molecule has 6 nitrogen and oxygen atoms in total. The van der Waals surface area contributed by atoms with Gasteiger partial charge in [0.05, 0.1) is 12.7 Å². The molecular formula is C20H28N2O4. The van der Waals surface area contributed by atoms with Gasteiger partial charge in [-0.1, -0.05) is 6.07 Å². The van der Waals surface area contributed by atoms with Gasteiger partial charge in [-0.2, -0.15) is 0 Å². The number of ether oxygens (including phenoxy) is 3. The van der Waals surface area contributed by atoms with Gasteiger partial charge in [0.25, 0.3) is 0 Å². The van der Waals surface area contributed by atoms with E-state index in [2.05, 4.69) is 9.88 Å². The smallest absolute Gasteiger partial charge is 0.225 e. The quantitative estimate of drug-likeness (QED) is 0.824. The predicted octanol–water partition coefficient (Wildman–Crippen LogP) is 2.28. The van der Waals surface area contributed by atoms with Crippen LogP contribution in [-0.2, 0) is 14.3 Å². The average Bonchev–Trinajstić information content (AvgIpc) is 2.73. The second-order valence-electron chi connectivity index (χ2n) is 7.72. The molecule has 1 aromatic heterocycles. The van der Waals surface area contributed by atoms with E-state index in [4.69, 9.17) is 14.2 Å². The van der Waals surface area contributed by atoms with Gasteiger partial charge in [0.1, 0.15) is 0 Å². The Kier molecular flexibility index (Phi) is 5.41. The van der Waals surface area contributed by atoms with Crippen molar-refractivity contribution in [2.75, 3.05) is 39.5 Å². The van der Waals surface area contributed by atoms with Crippen LogP contribution in [0.4, 0.5) is 0 Å². The number of piperidine rings is 1. The number of rotatable bonds is 4. The molecule has 0 aromatic carbocycles. The number of nitrogens with zero attached hydrogens (tertiary/aromatic N) is 2. The van der Waals surface area contributed by atoms with Crippen molar-refractivity contribution < 1.29 is 19.0 Å². The highest BCUT2D eigenvalue weighted by Gasteiger charge is 2.48. The number of amides is 1. The summed E-state index contributed by atoms with van der Waals surface area (Å²) < 4.78 is 17.5. The van der Waals surface area contributed by atoms with Crippen LogP contribution >= 0.6 is 0 Å². The van der Waals surface area contributed by atoms with Crippen molar-refractivity contribution >= 4 is 5.91 Å². The molecule has 3 saturated heterocycles. The summed E-state index contributed by atoms with van der Waals surface area (Å²) in [6.07, 6.45) is 6.52. The van der Waals surface area contributed by atoms with Gasteiger partial charge in [0, 0.05) is 56.5 Å². The number of hydrogen-bond acceptors (Lipinski definition) is 5. The molecule has 4 heterocycles. The maximum absolute atomic E-state index is 13.0. The van der Waals surface area contributed by atoms with Crippen molar-refractivity contribution in [1.29, 1.82) is 0 Å². The summed E-state index contributed by atoms with van der Waals surface area (Å²) in [5, 5.41) is 0. The third-order valence-electron chi connectivity index (χ3n) is 6.02. The molecule has 3 aliphatic heterocycles. The second-order valence-corrected chi connectivity index (χ2v) is 7.72. The van der Waals surface area contributed by atoms with Crippen LogP contribution in [0.25, 0.3) is 0 Å². The van der Waals surface area contributed by atoms with Crippen molar-refractivity contribution in [3.8, 4) is 5.88 Å². The van der Waals surface area contributed by atoms with E-state index < -0.39 is 0 Å². The van der Waals surface area contributed by atoms with Crippen LogP contribution in [0.15, 0.2) is 24.4 Å². The zero-order chi connectivity index (χ0) is 17.8. The first-order valence-electron chi connectivity index (χ1n) is 9.79. The summed E-state index contributed by atoms with van der Waals surface area (Å²) in [5.74, 6) is 1.03. The topological polar surface area (TPSA) is 60.9 Å². The van der Waals surface area contributed by atoms with Gasteiger partial charge in [-0.25, -0.2) is 4.98 Å². The molecule has 0 radical (unpaired) electrons. The van der Waals surface area contributed by atoms with E-state index in [1.165, 1.54) is 0 Å². The Hall–Kier alpha value is -1.66. The van der Waals surface area contributed by atoms with Crippen molar-refractivity contribution in [2.45, 2.75) is 38.2 Å². The largest absolute Gasteiger partial charge is 0.477 e. The summed E-state index contributed by atoms with van der Waals surface area (Å²) in [6, 6.07) is 5.69. The monoisotopic (exact) mass is 360 g/mol. The minimum absolute atomic E-state index is 0.110. The number of hydrogen-bond donors (Lipinski definition) is 0. The summed E-state index contributed by atoms with van der Waals surface area (Å²) in [5.41, 5.74) is -0.130. The Bertz CT molecular complexity index is 605. The molecule has 0 saturated carbocycles. The second kappa shape index (κ2) is 7.92. The summed E-state index contributed by atoms with van der Waals surface area (Å²) in [4.78, 5) is 19.3. The molecule has 0 aliphatic carbocycles. The number of aromatic nitrogens is 1. The molecule has 0 unspecified atom stereocenters. The standard InChI is InChI=1S/C20H28N2O4/c23-19(16-6-12-24-13-7-16)22-10-5-17-20(14-22,8-3-11-25-17)15-26-18-4-1-2-9-21-18/h1-2,4,9,16-17H,3,5-8,10-15H2/t17-,20-/m1/s1. The fourth-order valence-corrected chi connectivity index (χ4v) is 4.54. The van der Waals surface area contributed by atoms with Gasteiger partial charge in [0.2, 0.25) is 11.8 Å². The molecule has 26 heavy (non-hydrogen) atoms. The van der Waals surface area contributed by atoms with E-state index in [9.17, 15) is 4.79 Å². The Labute approximate surface area is 154 Å². The van der Waals surface area contributed by atoms with E-state index in [0.29, 0.717) is 25.7 Å². The third-order valence-corrected chi connectivity index (χ3v) is 6.02. The number of fused-ring (bicyclic) bond motifs is 1. The van der Waals surface area contributed by atoms with Gasteiger partial charge in [-0.3, -0.25) is 4.79 Å². The lowest BCUT2D eigenvalue weighted by Crippen LogP contribution is -2.59. The molecule has 3 fully saturated rings. The SMILES string of the molecule is O=C(C1CCOCC1)N1CC[C@H]2OCCC[C@]2(COc2ccccn2)C1. The molecule has 142 valence electrons. The normalized spacial score (nSPS) is 29.8.